The van der Waals surface area contributed by atoms with Gasteiger partial charge in [-0.05, 0) is 30.0 Å². The van der Waals surface area contributed by atoms with Crippen molar-refractivity contribution in [1.82, 2.24) is 5.32 Å². The maximum atomic E-state index is 10.6. The van der Waals surface area contributed by atoms with Crippen LogP contribution in [-0.2, 0) is 0 Å². The smallest absolute Gasteiger partial charge is 0.183 e. The van der Waals surface area contributed by atoms with Crippen molar-refractivity contribution >= 4 is 34.2 Å². The van der Waals surface area contributed by atoms with Gasteiger partial charge in [-0.3, -0.25) is 5.32 Å². The number of nitrogens with zero attached hydrogens (tertiary/aromatic N) is 2. The Kier molecular flexibility index (Phi) is 5.84. The number of hydrogen-bond donors (Lipinski definition) is 2. The zero-order valence-corrected chi connectivity index (χ0v) is 13.4. The van der Waals surface area contributed by atoms with Gasteiger partial charge in [0.15, 0.2) is 11.4 Å². The van der Waals surface area contributed by atoms with Crippen molar-refractivity contribution in [3.63, 3.8) is 0 Å². The summed E-state index contributed by atoms with van der Waals surface area (Å²) in [6, 6.07) is 14.4. The van der Waals surface area contributed by atoms with E-state index in [1.165, 1.54) is 11.8 Å². The standard InChI is InChI=1S/C16H14ClN3OS/c1-22-16(19-10-18)20-14-8-7-12(17)9-13(14)15(21)11-5-3-2-4-6-11/h2-9,15,21H,1H3,(H,19,20). The molecular weight excluding hydrogens is 318 g/mol. The molecule has 0 radical (unpaired) electrons. The Balaban J connectivity index is 2.47. The summed E-state index contributed by atoms with van der Waals surface area (Å²) < 4.78 is 0. The van der Waals surface area contributed by atoms with Gasteiger partial charge in [0.2, 0.25) is 0 Å². The van der Waals surface area contributed by atoms with Crippen LogP contribution in [0.5, 0.6) is 0 Å². The van der Waals surface area contributed by atoms with E-state index in [1.54, 1.807) is 18.2 Å². The molecule has 0 fully saturated rings. The van der Waals surface area contributed by atoms with E-state index in [2.05, 4.69) is 10.3 Å². The van der Waals surface area contributed by atoms with Crippen LogP contribution in [0, 0.1) is 11.5 Å². The number of nitrogens with one attached hydrogen (secondary N) is 1. The topological polar surface area (TPSA) is 68.4 Å². The van der Waals surface area contributed by atoms with Crippen LogP contribution in [0.4, 0.5) is 5.69 Å². The average molecular weight is 332 g/mol. The molecule has 1 unspecified atom stereocenters. The third kappa shape index (κ3) is 4.01. The third-order valence-electron chi connectivity index (χ3n) is 2.98. The van der Waals surface area contributed by atoms with Crippen molar-refractivity contribution in [2.24, 2.45) is 4.99 Å². The molecule has 0 saturated heterocycles. The van der Waals surface area contributed by atoms with E-state index in [4.69, 9.17) is 16.9 Å². The molecule has 0 bridgehead atoms. The second-order valence-corrected chi connectivity index (χ2v) is 5.61. The van der Waals surface area contributed by atoms with E-state index >= 15 is 0 Å². The largest absolute Gasteiger partial charge is 0.384 e. The van der Waals surface area contributed by atoms with Crippen molar-refractivity contribution in [3.05, 3.63) is 64.7 Å². The highest BCUT2D eigenvalue weighted by molar-refractivity contribution is 8.13. The molecule has 4 nitrogen and oxygen atoms in total. The van der Waals surface area contributed by atoms with E-state index in [0.717, 1.165) is 5.56 Å². The monoisotopic (exact) mass is 331 g/mol. The SMILES string of the molecule is CSC(=Nc1ccc(Cl)cc1C(O)c1ccccc1)NC#N. The van der Waals surface area contributed by atoms with Crippen molar-refractivity contribution in [2.45, 2.75) is 6.10 Å². The molecule has 0 saturated carbocycles. The number of hydrogen-bond acceptors (Lipinski definition) is 4. The highest BCUT2D eigenvalue weighted by Crippen LogP contribution is 2.33. The van der Waals surface area contributed by atoms with Gasteiger partial charge < -0.3 is 5.11 Å². The van der Waals surface area contributed by atoms with Gasteiger partial charge in [0.1, 0.15) is 6.10 Å². The van der Waals surface area contributed by atoms with Crippen LogP contribution < -0.4 is 5.32 Å². The highest BCUT2D eigenvalue weighted by Gasteiger charge is 2.15. The fraction of sp³-hybridized carbons (Fsp3) is 0.125. The molecule has 0 heterocycles. The van der Waals surface area contributed by atoms with E-state index in [0.29, 0.717) is 21.4 Å². The predicted molar refractivity (Wildman–Crippen MR) is 91.3 cm³/mol. The Morgan fingerprint density at radius 3 is 2.68 bits per heavy atom. The summed E-state index contributed by atoms with van der Waals surface area (Å²) >= 11 is 7.36. The van der Waals surface area contributed by atoms with E-state index in [1.807, 2.05) is 42.8 Å². The Morgan fingerprint density at radius 1 is 1.32 bits per heavy atom. The number of amidine groups is 1. The minimum Gasteiger partial charge on any atom is -0.384 e. The molecule has 0 aromatic heterocycles. The third-order valence-corrected chi connectivity index (χ3v) is 3.79. The van der Waals surface area contributed by atoms with E-state index < -0.39 is 6.10 Å². The van der Waals surface area contributed by atoms with Gasteiger partial charge in [-0.1, -0.05) is 53.7 Å². The first-order valence-electron chi connectivity index (χ1n) is 6.46. The van der Waals surface area contributed by atoms with E-state index in [9.17, 15) is 5.11 Å². The molecule has 0 spiro atoms. The first-order valence-corrected chi connectivity index (χ1v) is 8.06. The molecule has 1 atom stereocenters. The zero-order valence-electron chi connectivity index (χ0n) is 11.8. The predicted octanol–water partition coefficient (Wildman–Crippen LogP) is 3.84. The van der Waals surface area contributed by atoms with Crippen molar-refractivity contribution in [3.8, 4) is 6.19 Å². The number of aliphatic hydroxyl groups excluding tert-OH is 1. The molecule has 2 aromatic carbocycles. The molecule has 2 rings (SSSR count). The van der Waals surface area contributed by atoms with Crippen LogP contribution in [0.1, 0.15) is 17.2 Å². The number of thioether (sulfide) groups is 1. The van der Waals surface area contributed by atoms with Gasteiger partial charge in [-0.25, -0.2) is 4.99 Å². The molecule has 2 N–H and O–H groups in total. The van der Waals surface area contributed by atoms with Crippen LogP contribution in [0.25, 0.3) is 0 Å². The van der Waals surface area contributed by atoms with Crippen LogP contribution in [0.15, 0.2) is 53.5 Å². The molecule has 22 heavy (non-hydrogen) atoms. The lowest BCUT2D eigenvalue weighted by atomic mass is 10.00. The fourth-order valence-electron chi connectivity index (χ4n) is 1.94. The summed E-state index contributed by atoms with van der Waals surface area (Å²) in [7, 11) is 0. The summed E-state index contributed by atoms with van der Waals surface area (Å²) in [5, 5.41) is 22.8. The Bertz CT molecular complexity index is 713. The minimum atomic E-state index is -0.844. The van der Waals surface area contributed by atoms with Gasteiger partial charge in [-0.2, -0.15) is 5.26 Å². The van der Waals surface area contributed by atoms with Crippen molar-refractivity contribution < 1.29 is 5.11 Å². The molecule has 0 aliphatic rings. The Morgan fingerprint density at radius 2 is 2.05 bits per heavy atom. The molecule has 0 amide bonds. The lowest BCUT2D eigenvalue weighted by Crippen LogP contribution is -2.12. The molecule has 2 aromatic rings. The number of rotatable bonds is 3. The number of aliphatic hydroxyl groups is 1. The summed E-state index contributed by atoms with van der Waals surface area (Å²) in [5.41, 5.74) is 1.90. The Hall–Kier alpha value is -2.00. The number of halogens is 1. The second kappa shape index (κ2) is 7.85. The van der Waals surface area contributed by atoms with Gasteiger partial charge in [-0.15, -0.1) is 0 Å². The van der Waals surface area contributed by atoms with Gasteiger partial charge in [0.25, 0.3) is 0 Å². The highest BCUT2D eigenvalue weighted by atomic mass is 35.5. The number of nitriles is 1. The lowest BCUT2D eigenvalue weighted by Gasteiger charge is -2.15. The maximum Gasteiger partial charge on any atom is 0.183 e. The van der Waals surface area contributed by atoms with Gasteiger partial charge >= 0.3 is 0 Å². The molecular formula is C16H14ClN3OS. The van der Waals surface area contributed by atoms with Crippen molar-refractivity contribution in [2.75, 3.05) is 6.26 Å². The number of benzene rings is 2. The molecule has 0 aliphatic heterocycles. The average Bonchev–Trinajstić information content (AvgIpc) is 2.56. The lowest BCUT2D eigenvalue weighted by molar-refractivity contribution is 0.221. The van der Waals surface area contributed by atoms with Crippen LogP contribution in [0.2, 0.25) is 5.02 Å². The van der Waals surface area contributed by atoms with Crippen LogP contribution in [-0.4, -0.2) is 16.5 Å². The van der Waals surface area contributed by atoms with Gasteiger partial charge in [0, 0.05) is 10.6 Å². The van der Waals surface area contributed by atoms with E-state index in [-0.39, 0.29) is 0 Å². The molecule has 6 heteroatoms. The first-order chi connectivity index (χ1) is 10.7. The van der Waals surface area contributed by atoms with Crippen LogP contribution >= 0.6 is 23.4 Å². The second-order valence-electron chi connectivity index (χ2n) is 4.37. The summed E-state index contributed by atoms with van der Waals surface area (Å²) in [6.45, 7) is 0. The normalized spacial score (nSPS) is 12.5. The van der Waals surface area contributed by atoms with Crippen LogP contribution in [0.3, 0.4) is 0 Å². The summed E-state index contributed by atoms with van der Waals surface area (Å²) in [4.78, 5) is 4.38. The molecule has 112 valence electrons. The zero-order chi connectivity index (χ0) is 15.9. The fourth-order valence-corrected chi connectivity index (χ4v) is 2.46. The first kappa shape index (κ1) is 16.4. The maximum absolute atomic E-state index is 10.6. The summed E-state index contributed by atoms with van der Waals surface area (Å²) in [5.74, 6) is 0. The van der Waals surface area contributed by atoms with Crippen molar-refractivity contribution in [1.29, 1.82) is 5.26 Å². The minimum absolute atomic E-state index is 0.450. The quantitative estimate of drug-likeness (QED) is 0.388. The molecule has 0 aliphatic carbocycles. The Labute approximate surface area is 138 Å². The summed E-state index contributed by atoms with van der Waals surface area (Å²) in [6.07, 6.45) is 2.81. The number of aliphatic imine (C=N–C) groups is 1. The van der Waals surface area contributed by atoms with Gasteiger partial charge in [0.05, 0.1) is 5.69 Å².